The molecule has 34 heavy (non-hydrogen) atoms. The minimum atomic E-state index is -0.317. The fraction of sp³-hybridized carbons (Fsp3) is 0.903. The number of nitrogens with zero attached hydrogens (tertiary/aromatic N) is 1. The van der Waals surface area contributed by atoms with Crippen LogP contribution in [-0.4, -0.2) is 29.2 Å². The van der Waals surface area contributed by atoms with Crippen LogP contribution in [0.2, 0.25) is 0 Å². The molecule has 0 amide bonds. The molecule has 3 unspecified atom stereocenters. The van der Waals surface area contributed by atoms with Gasteiger partial charge in [-0.25, -0.2) is 4.79 Å². The van der Waals surface area contributed by atoms with E-state index >= 15 is 0 Å². The summed E-state index contributed by atoms with van der Waals surface area (Å²) in [5, 5.41) is 0. The molecule has 0 aliphatic carbocycles. The van der Waals surface area contributed by atoms with Gasteiger partial charge < -0.3 is 4.74 Å². The van der Waals surface area contributed by atoms with Gasteiger partial charge in [0, 0.05) is 18.2 Å². The van der Waals surface area contributed by atoms with Crippen LogP contribution in [0.5, 0.6) is 0 Å². The molecule has 0 aromatic heterocycles. The maximum atomic E-state index is 11.9. The molecule has 3 nitrogen and oxygen atoms in total. The summed E-state index contributed by atoms with van der Waals surface area (Å²) in [5.74, 6) is -0.317. The SMILES string of the molecule is C=CC(=O)OC(C)N(C(C)CCCCCCCCCCC)C(C)CCCCCCCCCCC. The molecule has 0 aromatic carbocycles. The molecular weight excluding hydrogens is 418 g/mol. The second-order valence-corrected chi connectivity index (χ2v) is 10.6. The molecule has 0 aliphatic heterocycles. The highest BCUT2D eigenvalue weighted by atomic mass is 16.6. The lowest BCUT2D eigenvalue weighted by Crippen LogP contribution is -2.47. The van der Waals surface area contributed by atoms with E-state index in [1.54, 1.807) is 0 Å². The molecule has 0 aliphatic rings. The summed E-state index contributed by atoms with van der Waals surface area (Å²) in [6, 6.07) is 0.844. The Morgan fingerprint density at radius 1 is 0.647 bits per heavy atom. The van der Waals surface area contributed by atoms with Gasteiger partial charge in [0.25, 0.3) is 0 Å². The Morgan fingerprint density at radius 2 is 0.971 bits per heavy atom. The molecule has 0 rings (SSSR count). The van der Waals surface area contributed by atoms with Gasteiger partial charge in [0.1, 0.15) is 0 Å². The summed E-state index contributed by atoms with van der Waals surface area (Å²) in [6.07, 6.45) is 27.9. The third-order valence-electron chi connectivity index (χ3n) is 7.34. The van der Waals surface area contributed by atoms with E-state index in [-0.39, 0.29) is 12.2 Å². The van der Waals surface area contributed by atoms with Gasteiger partial charge in [0.15, 0.2) is 6.23 Å². The Hall–Kier alpha value is -0.830. The lowest BCUT2D eigenvalue weighted by molar-refractivity contribution is -0.156. The maximum Gasteiger partial charge on any atom is 0.331 e. The number of hydrogen-bond donors (Lipinski definition) is 0. The Labute approximate surface area is 214 Å². The molecule has 0 fully saturated rings. The quantitative estimate of drug-likeness (QED) is 0.0564. The van der Waals surface area contributed by atoms with Crippen LogP contribution < -0.4 is 0 Å². The Kier molecular flexibility index (Phi) is 23.3. The first-order valence-electron chi connectivity index (χ1n) is 15.1. The lowest BCUT2D eigenvalue weighted by Gasteiger charge is -2.38. The second kappa shape index (κ2) is 23.9. The van der Waals surface area contributed by atoms with Crippen molar-refractivity contribution in [2.75, 3.05) is 0 Å². The molecule has 0 saturated carbocycles. The van der Waals surface area contributed by atoms with Gasteiger partial charge in [0.2, 0.25) is 0 Å². The van der Waals surface area contributed by atoms with Crippen LogP contribution >= 0.6 is 0 Å². The first-order valence-corrected chi connectivity index (χ1v) is 15.1. The van der Waals surface area contributed by atoms with E-state index < -0.39 is 0 Å². The highest BCUT2D eigenvalue weighted by Crippen LogP contribution is 2.22. The largest absolute Gasteiger partial charge is 0.443 e. The average Bonchev–Trinajstić information content (AvgIpc) is 2.82. The van der Waals surface area contributed by atoms with Crippen molar-refractivity contribution in [2.24, 2.45) is 0 Å². The van der Waals surface area contributed by atoms with Gasteiger partial charge in [-0.2, -0.15) is 0 Å². The summed E-state index contributed by atoms with van der Waals surface area (Å²) >= 11 is 0. The van der Waals surface area contributed by atoms with Crippen LogP contribution in [0.1, 0.15) is 163 Å². The minimum absolute atomic E-state index is 0.201. The number of carbonyl (C=O) groups excluding carboxylic acids is 1. The normalized spacial score (nSPS) is 14.2. The molecule has 0 bridgehead atoms. The van der Waals surface area contributed by atoms with Crippen LogP contribution in [0.25, 0.3) is 0 Å². The highest BCUT2D eigenvalue weighted by Gasteiger charge is 2.27. The van der Waals surface area contributed by atoms with Gasteiger partial charge in [-0.05, 0) is 33.6 Å². The molecule has 202 valence electrons. The Balaban J connectivity index is 4.34. The molecular formula is C31H61NO2. The van der Waals surface area contributed by atoms with Crippen LogP contribution in [0, 0.1) is 0 Å². The number of ether oxygens (including phenoxy) is 1. The summed E-state index contributed by atoms with van der Waals surface area (Å²) in [7, 11) is 0. The molecule has 0 N–H and O–H groups in total. The first-order chi connectivity index (χ1) is 16.5. The molecule has 0 heterocycles. The Morgan fingerprint density at radius 3 is 1.29 bits per heavy atom. The molecule has 0 saturated heterocycles. The molecule has 3 heteroatoms. The van der Waals surface area contributed by atoms with Crippen LogP contribution in [0.3, 0.4) is 0 Å². The predicted molar refractivity (Wildman–Crippen MR) is 150 cm³/mol. The number of unbranched alkanes of at least 4 members (excludes halogenated alkanes) is 16. The highest BCUT2D eigenvalue weighted by molar-refractivity contribution is 5.81. The maximum absolute atomic E-state index is 11.9. The van der Waals surface area contributed by atoms with Crippen LogP contribution in [-0.2, 0) is 9.53 Å². The zero-order valence-electron chi connectivity index (χ0n) is 23.9. The number of carbonyl (C=O) groups is 1. The van der Waals surface area contributed by atoms with Crippen molar-refractivity contribution in [3.05, 3.63) is 12.7 Å². The van der Waals surface area contributed by atoms with Gasteiger partial charge in [-0.3, -0.25) is 4.90 Å². The van der Waals surface area contributed by atoms with E-state index in [1.165, 1.54) is 134 Å². The minimum Gasteiger partial charge on any atom is -0.443 e. The fourth-order valence-electron chi connectivity index (χ4n) is 5.23. The lowest BCUT2D eigenvalue weighted by atomic mass is 10.0. The van der Waals surface area contributed by atoms with Gasteiger partial charge in [-0.1, -0.05) is 136 Å². The van der Waals surface area contributed by atoms with E-state index in [0.717, 1.165) is 0 Å². The second-order valence-electron chi connectivity index (χ2n) is 10.6. The smallest absolute Gasteiger partial charge is 0.331 e. The van der Waals surface area contributed by atoms with Crippen molar-refractivity contribution in [2.45, 2.75) is 181 Å². The van der Waals surface area contributed by atoms with Gasteiger partial charge in [-0.15, -0.1) is 0 Å². The summed E-state index contributed by atoms with van der Waals surface area (Å²) < 4.78 is 5.66. The number of rotatable bonds is 25. The zero-order chi connectivity index (χ0) is 25.4. The predicted octanol–water partition coefficient (Wildman–Crippen LogP) is 9.98. The Bertz CT molecular complexity index is 436. The molecule has 0 spiro atoms. The van der Waals surface area contributed by atoms with Crippen molar-refractivity contribution in [1.82, 2.24) is 4.90 Å². The summed E-state index contributed by atoms with van der Waals surface area (Å²) in [6.45, 7) is 14.8. The van der Waals surface area contributed by atoms with Crippen molar-refractivity contribution >= 4 is 5.97 Å². The van der Waals surface area contributed by atoms with Gasteiger partial charge >= 0.3 is 5.97 Å². The monoisotopic (exact) mass is 479 g/mol. The third kappa shape index (κ3) is 18.5. The molecule has 0 aromatic rings. The summed E-state index contributed by atoms with van der Waals surface area (Å²) in [5.41, 5.74) is 0. The zero-order valence-corrected chi connectivity index (χ0v) is 23.9. The van der Waals surface area contributed by atoms with Gasteiger partial charge in [0.05, 0.1) is 0 Å². The molecule has 0 radical (unpaired) electrons. The van der Waals surface area contributed by atoms with Crippen LogP contribution in [0.4, 0.5) is 0 Å². The standard InChI is InChI=1S/C31H61NO2/c1-7-10-12-14-16-18-20-22-24-26-28(4)32(30(6)34-31(33)9-3)29(5)27-25-23-21-19-17-15-13-11-8-2/h9,28-30H,3,7-8,10-27H2,1-2,4-6H3. The van der Waals surface area contributed by atoms with Crippen molar-refractivity contribution in [1.29, 1.82) is 0 Å². The summed E-state index contributed by atoms with van der Waals surface area (Å²) in [4.78, 5) is 14.3. The molecule has 3 atom stereocenters. The first kappa shape index (κ1) is 33.2. The third-order valence-corrected chi connectivity index (χ3v) is 7.34. The van der Waals surface area contributed by atoms with E-state index in [1.807, 2.05) is 6.92 Å². The van der Waals surface area contributed by atoms with E-state index in [0.29, 0.717) is 12.1 Å². The van der Waals surface area contributed by atoms with Crippen LogP contribution in [0.15, 0.2) is 12.7 Å². The average molecular weight is 480 g/mol. The van der Waals surface area contributed by atoms with E-state index in [9.17, 15) is 4.79 Å². The van der Waals surface area contributed by atoms with Crippen molar-refractivity contribution in [3.63, 3.8) is 0 Å². The fourth-order valence-corrected chi connectivity index (χ4v) is 5.23. The van der Waals surface area contributed by atoms with Crippen molar-refractivity contribution in [3.8, 4) is 0 Å². The van der Waals surface area contributed by atoms with E-state index in [4.69, 9.17) is 4.74 Å². The van der Waals surface area contributed by atoms with E-state index in [2.05, 4.69) is 39.2 Å². The topological polar surface area (TPSA) is 29.5 Å². The number of hydrogen-bond acceptors (Lipinski definition) is 3. The van der Waals surface area contributed by atoms with Crippen molar-refractivity contribution < 1.29 is 9.53 Å². The number of esters is 1.